The second kappa shape index (κ2) is 4.93. The molecule has 0 saturated carbocycles. The Hall–Kier alpha value is -1.36. The summed E-state index contributed by atoms with van der Waals surface area (Å²) in [6, 6.07) is 0. The minimum Gasteiger partial charge on any atom is -0.360 e. The molecule has 0 saturated heterocycles. The summed E-state index contributed by atoms with van der Waals surface area (Å²) in [4.78, 5) is 24.6. The number of nitrogens with one attached hydrogen (secondary N) is 1. The highest BCUT2D eigenvalue weighted by atomic mass is 16.5. The van der Waals surface area contributed by atoms with Gasteiger partial charge in [0.05, 0.1) is 6.61 Å². The first-order valence-electron chi connectivity index (χ1n) is 4.89. The van der Waals surface area contributed by atoms with Gasteiger partial charge in [0.1, 0.15) is 6.73 Å². The van der Waals surface area contributed by atoms with Crippen molar-refractivity contribution in [3.05, 3.63) is 32.6 Å². The quantitative estimate of drug-likeness (QED) is 0.789. The van der Waals surface area contributed by atoms with Gasteiger partial charge < -0.3 is 4.74 Å². The predicted molar refractivity (Wildman–Crippen MR) is 56.8 cm³/mol. The summed E-state index contributed by atoms with van der Waals surface area (Å²) in [6.07, 6.45) is 1.50. The van der Waals surface area contributed by atoms with E-state index in [2.05, 4.69) is 4.98 Å². The molecule has 1 aromatic heterocycles. The van der Waals surface area contributed by atoms with Crippen LogP contribution in [0.5, 0.6) is 0 Å². The number of hydrogen-bond acceptors (Lipinski definition) is 3. The summed E-state index contributed by atoms with van der Waals surface area (Å²) in [5, 5.41) is 0. The highest BCUT2D eigenvalue weighted by molar-refractivity contribution is 5.00. The van der Waals surface area contributed by atoms with Gasteiger partial charge in [0.25, 0.3) is 5.56 Å². The molecule has 0 radical (unpaired) electrons. The van der Waals surface area contributed by atoms with Gasteiger partial charge in [0, 0.05) is 11.8 Å². The standard InChI is InChI=1S/C10H16N2O3/c1-7(2)5-15-6-12-4-8(3)9(13)11-10(12)14/h4,7H,5-6H2,1-3H3,(H,11,13,14). The predicted octanol–water partition coefficient (Wildman–Crippen LogP) is 0.475. The summed E-state index contributed by atoms with van der Waals surface area (Å²) in [5.41, 5.74) is -0.280. The van der Waals surface area contributed by atoms with Crippen LogP contribution in [0.1, 0.15) is 19.4 Å². The fraction of sp³-hybridized carbons (Fsp3) is 0.600. The minimum atomic E-state index is -0.436. The monoisotopic (exact) mass is 212 g/mol. The molecule has 0 aliphatic rings. The van der Waals surface area contributed by atoms with Crippen molar-refractivity contribution < 1.29 is 4.74 Å². The lowest BCUT2D eigenvalue weighted by Gasteiger charge is -2.08. The zero-order valence-electron chi connectivity index (χ0n) is 9.24. The normalized spacial score (nSPS) is 10.9. The van der Waals surface area contributed by atoms with E-state index >= 15 is 0 Å². The smallest absolute Gasteiger partial charge is 0.330 e. The molecule has 0 spiro atoms. The van der Waals surface area contributed by atoms with Gasteiger partial charge in [-0.2, -0.15) is 0 Å². The van der Waals surface area contributed by atoms with E-state index in [1.165, 1.54) is 10.8 Å². The lowest BCUT2D eigenvalue weighted by molar-refractivity contribution is 0.0547. The van der Waals surface area contributed by atoms with E-state index in [0.717, 1.165) is 0 Å². The van der Waals surface area contributed by atoms with Gasteiger partial charge in [-0.25, -0.2) is 4.79 Å². The lowest BCUT2D eigenvalue weighted by atomic mass is 10.2. The molecule has 0 bridgehead atoms. The van der Waals surface area contributed by atoms with E-state index in [4.69, 9.17) is 4.74 Å². The molecular formula is C10H16N2O3. The van der Waals surface area contributed by atoms with Crippen LogP contribution in [0.4, 0.5) is 0 Å². The van der Waals surface area contributed by atoms with E-state index < -0.39 is 5.69 Å². The first-order valence-corrected chi connectivity index (χ1v) is 4.89. The Balaban J connectivity index is 2.74. The molecule has 1 N–H and O–H groups in total. The Labute approximate surface area is 87.7 Å². The molecule has 0 aliphatic heterocycles. The van der Waals surface area contributed by atoms with Crippen LogP contribution >= 0.6 is 0 Å². The van der Waals surface area contributed by atoms with Crippen LogP contribution in [0.25, 0.3) is 0 Å². The van der Waals surface area contributed by atoms with Crippen molar-refractivity contribution in [2.75, 3.05) is 6.61 Å². The van der Waals surface area contributed by atoms with E-state index in [9.17, 15) is 9.59 Å². The molecule has 0 unspecified atom stereocenters. The second-order valence-electron chi connectivity index (χ2n) is 3.93. The van der Waals surface area contributed by atoms with Gasteiger partial charge in [-0.1, -0.05) is 13.8 Å². The van der Waals surface area contributed by atoms with Crippen LogP contribution in [0.15, 0.2) is 15.8 Å². The van der Waals surface area contributed by atoms with Gasteiger partial charge in [-0.05, 0) is 12.8 Å². The molecule has 5 heteroatoms. The molecule has 1 rings (SSSR count). The zero-order chi connectivity index (χ0) is 11.4. The average molecular weight is 212 g/mol. The Morgan fingerprint density at radius 1 is 1.47 bits per heavy atom. The SMILES string of the molecule is Cc1cn(COCC(C)C)c(=O)[nH]c1=O. The van der Waals surface area contributed by atoms with Crippen LogP contribution in [0.3, 0.4) is 0 Å². The van der Waals surface area contributed by atoms with Crippen LogP contribution in [-0.2, 0) is 11.5 Å². The summed E-state index contributed by atoms with van der Waals surface area (Å²) in [6.45, 7) is 6.47. The largest absolute Gasteiger partial charge is 0.360 e. The summed E-state index contributed by atoms with van der Waals surface area (Å²) < 4.78 is 6.64. The third-order valence-corrected chi connectivity index (χ3v) is 1.87. The first kappa shape index (κ1) is 11.7. The van der Waals surface area contributed by atoms with E-state index in [-0.39, 0.29) is 12.3 Å². The van der Waals surface area contributed by atoms with Crippen molar-refractivity contribution in [1.29, 1.82) is 0 Å². The second-order valence-corrected chi connectivity index (χ2v) is 3.93. The molecule has 5 nitrogen and oxygen atoms in total. The van der Waals surface area contributed by atoms with Gasteiger partial charge in [0.2, 0.25) is 0 Å². The van der Waals surface area contributed by atoms with Crippen molar-refractivity contribution in [3.63, 3.8) is 0 Å². The molecule has 1 heterocycles. The molecule has 15 heavy (non-hydrogen) atoms. The van der Waals surface area contributed by atoms with Crippen molar-refractivity contribution in [1.82, 2.24) is 9.55 Å². The van der Waals surface area contributed by atoms with Crippen LogP contribution in [0, 0.1) is 12.8 Å². The third-order valence-electron chi connectivity index (χ3n) is 1.87. The Bertz CT molecular complexity index is 431. The average Bonchev–Trinajstić information content (AvgIpc) is 2.13. The molecule has 0 fully saturated rings. The zero-order valence-corrected chi connectivity index (χ0v) is 9.24. The maximum absolute atomic E-state index is 11.3. The molecule has 0 aromatic carbocycles. The maximum Gasteiger partial charge on any atom is 0.330 e. The summed E-state index contributed by atoms with van der Waals surface area (Å²) in [7, 11) is 0. The molecular weight excluding hydrogens is 196 g/mol. The Kier molecular flexibility index (Phi) is 3.85. The highest BCUT2D eigenvalue weighted by Gasteiger charge is 2.00. The first-order chi connectivity index (χ1) is 7.00. The van der Waals surface area contributed by atoms with Crippen molar-refractivity contribution >= 4 is 0 Å². The number of hydrogen-bond donors (Lipinski definition) is 1. The van der Waals surface area contributed by atoms with Gasteiger partial charge in [-0.15, -0.1) is 0 Å². The van der Waals surface area contributed by atoms with Crippen molar-refractivity contribution in [2.24, 2.45) is 5.92 Å². The number of H-pyrrole nitrogens is 1. The molecule has 0 amide bonds. The van der Waals surface area contributed by atoms with Gasteiger partial charge in [0.15, 0.2) is 0 Å². The third kappa shape index (κ3) is 3.36. The fourth-order valence-corrected chi connectivity index (χ4v) is 1.10. The fourth-order valence-electron chi connectivity index (χ4n) is 1.10. The Morgan fingerprint density at radius 3 is 2.73 bits per heavy atom. The van der Waals surface area contributed by atoms with Crippen LogP contribution in [-0.4, -0.2) is 16.2 Å². The topological polar surface area (TPSA) is 64.1 Å². The molecule has 1 aromatic rings. The van der Waals surface area contributed by atoms with E-state index in [1.807, 2.05) is 13.8 Å². The molecule has 0 atom stereocenters. The number of ether oxygens (including phenoxy) is 1. The van der Waals surface area contributed by atoms with Crippen molar-refractivity contribution in [3.8, 4) is 0 Å². The number of aromatic nitrogens is 2. The van der Waals surface area contributed by atoms with E-state index in [0.29, 0.717) is 18.1 Å². The number of aryl methyl sites for hydroxylation is 1. The number of rotatable bonds is 4. The van der Waals surface area contributed by atoms with Crippen LogP contribution < -0.4 is 11.2 Å². The highest BCUT2D eigenvalue weighted by Crippen LogP contribution is 1.93. The Morgan fingerprint density at radius 2 is 2.13 bits per heavy atom. The number of aromatic amines is 1. The van der Waals surface area contributed by atoms with E-state index in [1.54, 1.807) is 6.92 Å². The summed E-state index contributed by atoms with van der Waals surface area (Å²) in [5.74, 6) is 0.421. The van der Waals surface area contributed by atoms with Crippen molar-refractivity contribution in [2.45, 2.75) is 27.5 Å². The van der Waals surface area contributed by atoms with Gasteiger partial charge >= 0.3 is 5.69 Å². The lowest BCUT2D eigenvalue weighted by Crippen LogP contribution is -2.31. The molecule has 84 valence electrons. The van der Waals surface area contributed by atoms with Crippen LogP contribution in [0.2, 0.25) is 0 Å². The molecule has 0 aliphatic carbocycles. The van der Waals surface area contributed by atoms with Gasteiger partial charge in [-0.3, -0.25) is 14.3 Å². The minimum absolute atomic E-state index is 0.175. The number of nitrogens with zero attached hydrogens (tertiary/aromatic N) is 1. The maximum atomic E-state index is 11.3. The summed E-state index contributed by atoms with van der Waals surface area (Å²) >= 11 is 0.